The molecular weight excluding hydrogens is 575 g/mol. The van der Waals surface area contributed by atoms with Gasteiger partial charge in [-0.2, -0.15) is 0 Å². The standard InChI is InChI=1S/C22H19BrClN2O4S.CH3.Co/c1-29-21-10-9-20(15-22(21)30-2)31(27,28)26(19-8-4-6-17(24)14-19)12-11-25-18-7-3-5-16(23)13-18;;/h3-7,9-10,13-15,25H,12H2,1-2H3;1H3;. The molecule has 0 atom stereocenters. The van der Waals surface area contributed by atoms with Crippen LogP contribution < -0.4 is 23.6 Å². The number of fused-ring (bicyclic) bond motifs is 1. The molecule has 0 aromatic heterocycles. The summed E-state index contributed by atoms with van der Waals surface area (Å²) in [6.07, 6.45) is 0. The molecule has 1 aliphatic heterocycles. The van der Waals surface area contributed by atoms with E-state index >= 15 is 0 Å². The van der Waals surface area contributed by atoms with Crippen molar-refractivity contribution in [3.8, 4) is 11.5 Å². The maximum absolute atomic E-state index is 13.8. The van der Waals surface area contributed by atoms with E-state index in [0.717, 1.165) is 19.2 Å². The first kappa shape index (κ1) is 24.1. The third kappa shape index (κ3) is 4.78. The van der Waals surface area contributed by atoms with Gasteiger partial charge in [0, 0.05) is 0 Å². The van der Waals surface area contributed by atoms with Crippen molar-refractivity contribution in [2.75, 3.05) is 30.4 Å². The molecule has 3 aromatic carbocycles. The topological polar surface area (TPSA) is 67.9 Å². The summed E-state index contributed by atoms with van der Waals surface area (Å²) in [5.74, 6) is 2.91. The van der Waals surface area contributed by atoms with Gasteiger partial charge in [0.2, 0.25) is 0 Å². The number of nitrogens with zero attached hydrogens (tertiary/aromatic N) is 1. The third-order valence-electron chi connectivity index (χ3n) is 5.05. The van der Waals surface area contributed by atoms with E-state index in [-0.39, 0.29) is 11.4 Å². The van der Waals surface area contributed by atoms with Crippen molar-refractivity contribution in [1.82, 2.24) is 0 Å². The van der Waals surface area contributed by atoms with Crippen LogP contribution in [0.1, 0.15) is 0 Å². The average Bonchev–Trinajstić information content (AvgIpc) is 2.80. The van der Waals surface area contributed by atoms with Crippen LogP contribution in [0.4, 0.5) is 11.4 Å². The van der Waals surface area contributed by atoms with Gasteiger partial charge in [-0.1, -0.05) is 0 Å². The predicted octanol–water partition coefficient (Wildman–Crippen LogP) is 4.86. The Morgan fingerprint density at radius 2 is 1.79 bits per heavy atom. The van der Waals surface area contributed by atoms with Gasteiger partial charge in [0.25, 0.3) is 0 Å². The fraction of sp³-hybridized carbons (Fsp3) is 0.174. The van der Waals surface area contributed by atoms with Gasteiger partial charge in [-0.05, 0) is 0 Å². The van der Waals surface area contributed by atoms with Gasteiger partial charge in [0.1, 0.15) is 0 Å². The van der Waals surface area contributed by atoms with Gasteiger partial charge < -0.3 is 0 Å². The summed E-state index contributed by atoms with van der Waals surface area (Å²) < 4.78 is 42.4. The summed E-state index contributed by atoms with van der Waals surface area (Å²) in [5.41, 5.74) is 1.47. The van der Waals surface area contributed by atoms with Crippen LogP contribution in [0.2, 0.25) is 10.9 Å². The summed E-state index contributed by atoms with van der Waals surface area (Å²) in [5, 5.41) is 3.93. The normalized spacial score (nSPS) is 14.6. The van der Waals surface area contributed by atoms with Gasteiger partial charge in [0.15, 0.2) is 0 Å². The molecule has 0 aliphatic carbocycles. The molecule has 0 spiro atoms. The van der Waals surface area contributed by atoms with Gasteiger partial charge >= 0.3 is 212 Å². The zero-order chi connectivity index (χ0) is 23.8. The van der Waals surface area contributed by atoms with E-state index < -0.39 is 23.2 Å². The second-order valence-corrected chi connectivity index (χ2v) is 12.7. The summed E-state index contributed by atoms with van der Waals surface area (Å²) in [7, 11) is -0.946. The molecule has 33 heavy (non-hydrogen) atoms. The molecule has 1 N–H and O–H groups in total. The van der Waals surface area contributed by atoms with Crippen molar-refractivity contribution in [3.05, 3.63) is 70.2 Å². The summed E-state index contributed by atoms with van der Waals surface area (Å²) in [6.45, 7) is 0.178. The fourth-order valence-corrected chi connectivity index (χ4v) is 7.66. The molecule has 0 saturated heterocycles. The van der Waals surface area contributed by atoms with Crippen LogP contribution in [0.15, 0.2) is 70.0 Å². The number of hydrogen-bond donors (Lipinski definition) is 1. The van der Waals surface area contributed by atoms with Gasteiger partial charge in [-0.15, -0.1) is 0 Å². The molecular formula is C23H22BrClCoN2O4S. The monoisotopic (exact) mass is 595 g/mol. The minimum absolute atomic E-state index is 0.106. The van der Waals surface area contributed by atoms with Crippen LogP contribution >= 0.6 is 27.5 Å². The number of halogens is 2. The zero-order valence-electron chi connectivity index (χ0n) is 18.1. The third-order valence-corrected chi connectivity index (χ3v) is 10.0. The van der Waals surface area contributed by atoms with Crippen LogP contribution in [0.25, 0.3) is 0 Å². The quantitative estimate of drug-likeness (QED) is 0.440. The predicted molar refractivity (Wildman–Crippen MR) is 134 cm³/mol. The number of hydrogen-bond acceptors (Lipinski definition) is 5. The Hall–Kier alpha value is -2.04. The summed E-state index contributed by atoms with van der Waals surface area (Å²) in [6, 6.07) is 17.8. The van der Waals surface area contributed by atoms with E-state index in [0.29, 0.717) is 22.2 Å². The van der Waals surface area contributed by atoms with Crippen LogP contribution in [0.3, 0.4) is 0 Å². The van der Waals surface area contributed by atoms with Gasteiger partial charge in [-0.25, -0.2) is 0 Å². The van der Waals surface area contributed by atoms with Crippen LogP contribution in [0, 0.1) is 0 Å². The van der Waals surface area contributed by atoms with Crippen molar-refractivity contribution in [2.45, 2.75) is 10.8 Å². The number of anilines is 2. The number of nitrogens with one attached hydrogen (secondary N) is 1. The molecule has 0 unspecified atom stereocenters. The van der Waals surface area contributed by atoms with Crippen LogP contribution in [0.5, 0.6) is 11.5 Å². The molecule has 10 heteroatoms. The fourth-order valence-electron chi connectivity index (χ4n) is 3.41. The van der Waals surface area contributed by atoms with Crippen molar-refractivity contribution < 1.29 is 31.1 Å². The maximum atomic E-state index is 13.8. The van der Waals surface area contributed by atoms with E-state index in [1.165, 1.54) is 30.7 Å². The number of methoxy groups -OCH3 is 2. The Balaban J connectivity index is 1.82. The van der Waals surface area contributed by atoms with Crippen molar-refractivity contribution in [1.29, 1.82) is 0 Å². The second-order valence-electron chi connectivity index (χ2n) is 7.03. The van der Waals surface area contributed by atoms with E-state index in [1.807, 2.05) is 30.3 Å². The second kappa shape index (κ2) is 9.67. The average molecular weight is 597 g/mol. The summed E-state index contributed by atoms with van der Waals surface area (Å²) >= 11 is 9.00. The molecule has 0 saturated carbocycles. The molecule has 3 aromatic rings. The Morgan fingerprint density at radius 3 is 2.48 bits per heavy atom. The molecule has 0 radical (unpaired) electrons. The zero-order valence-corrected chi connectivity index (χ0v) is 22.3. The van der Waals surface area contributed by atoms with E-state index in [9.17, 15) is 8.42 Å². The first-order chi connectivity index (χ1) is 15.7. The molecule has 0 bridgehead atoms. The van der Waals surface area contributed by atoms with E-state index in [4.69, 9.17) is 21.1 Å². The number of sulfonamides is 1. The Labute approximate surface area is 211 Å². The Bertz CT molecular complexity index is 1360. The first-order valence-corrected chi connectivity index (χ1v) is 14.4. The van der Waals surface area contributed by atoms with Crippen LogP contribution in [-0.2, 0) is 23.2 Å². The molecule has 6 nitrogen and oxygen atoms in total. The van der Waals surface area contributed by atoms with E-state index in [1.54, 1.807) is 18.2 Å². The SMILES string of the molecule is COc1ccc(S(=O)(=O)N2C[C](Nc3cccc(Br)c3)=[Co]([CH3])[c]3ccc(Cl)cc32)cc1OC. The molecule has 1 aliphatic rings. The van der Waals surface area contributed by atoms with Crippen molar-refractivity contribution >= 4 is 58.0 Å². The summed E-state index contributed by atoms with van der Waals surface area (Å²) in [4.78, 5) is 0.106. The molecule has 1 heterocycles. The number of benzene rings is 3. The van der Waals surface area contributed by atoms with Gasteiger partial charge in [0.05, 0.1) is 0 Å². The Kier molecular flexibility index (Phi) is 7.06. The molecule has 0 fully saturated rings. The molecule has 4 rings (SSSR count). The molecule has 177 valence electrons. The van der Waals surface area contributed by atoms with Crippen molar-refractivity contribution in [3.63, 3.8) is 0 Å². The number of ether oxygens (including phenoxy) is 2. The van der Waals surface area contributed by atoms with Crippen LogP contribution in [-0.4, -0.2) is 33.8 Å². The number of rotatable bonds is 6. The minimum atomic E-state index is -3.93. The van der Waals surface area contributed by atoms with E-state index in [2.05, 4.69) is 27.1 Å². The first-order valence-electron chi connectivity index (χ1n) is 9.68. The van der Waals surface area contributed by atoms with Crippen molar-refractivity contribution in [2.24, 2.45) is 0 Å². The Morgan fingerprint density at radius 1 is 1.03 bits per heavy atom. The van der Waals surface area contributed by atoms with Gasteiger partial charge in [-0.3, -0.25) is 0 Å². The molecule has 0 amide bonds.